The molecule has 2 N–H and O–H groups in total. The van der Waals surface area contributed by atoms with Crippen LogP contribution < -0.4 is 20.4 Å². The van der Waals surface area contributed by atoms with Gasteiger partial charge < -0.3 is 25.3 Å². The van der Waals surface area contributed by atoms with E-state index in [1.165, 1.54) is 18.6 Å². The largest absolute Gasteiger partial charge is 0.416 e. The maximum absolute atomic E-state index is 13.1. The number of carbonyl (C=O) groups is 2. The number of urea groups is 1. The van der Waals surface area contributed by atoms with Crippen LogP contribution in [0.3, 0.4) is 0 Å². The number of nitrogens with zero attached hydrogens (tertiary/aromatic N) is 3. The Morgan fingerprint density at radius 3 is 2.22 bits per heavy atom. The third kappa shape index (κ3) is 6.10. The van der Waals surface area contributed by atoms with Crippen molar-refractivity contribution in [3.63, 3.8) is 0 Å². The molecule has 0 bridgehead atoms. The van der Waals surface area contributed by atoms with E-state index in [9.17, 15) is 22.8 Å². The Morgan fingerprint density at radius 1 is 0.944 bits per heavy atom. The van der Waals surface area contributed by atoms with E-state index in [0.717, 1.165) is 49.4 Å². The average molecular weight is 504 g/mol. The van der Waals surface area contributed by atoms with E-state index < -0.39 is 23.8 Å². The minimum Gasteiger partial charge on any atom is -0.370 e. The van der Waals surface area contributed by atoms with Crippen LogP contribution in [0.25, 0.3) is 0 Å². The SMILES string of the molecule is CN(C)C1CCCN(c2ccc(N3CCC[C@@H](NC(=O)Nc4ccc(C(F)(F)F)cc4)C3=O)cc2)C1. The van der Waals surface area contributed by atoms with Crippen molar-refractivity contribution in [3.8, 4) is 0 Å². The van der Waals surface area contributed by atoms with Crippen LogP contribution in [0, 0.1) is 0 Å². The fourth-order valence-corrected chi connectivity index (χ4v) is 4.79. The number of hydrogen-bond acceptors (Lipinski definition) is 4. The highest BCUT2D eigenvalue weighted by molar-refractivity contribution is 6.01. The quantitative estimate of drug-likeness (QED) is 0.628. The Labute approximate surface area is 209 Å². The van der Waals surface area contributed by atoms with Crippen molar-refractivity contribution >= 4 is 29.0 Å². The highest BCUT2D eigenvalue weighted by Gasteiger charge is 2.32. The third-order valence-corrected chi connectivity index (χ3v) is 6.87. The predicted octanol–water partition coefficient (Wildman–Crippen LogP) is 4.55. The molecular weight excluding hydrogens is 471 g/mol. The number of hydrogen-bond donors (Lipinski definition) is 2. The van der Waals surface area contributed by atoms with Crippen molar-refractivity contribution in [1.29, 1.82) is 0 Å². The Bertz CT molecular complexity index is 1060. The van der Waals surface area contributed by atoms with Crippen molar-refractivity contribution in [2.24, 2.45) is 0 Å². The molecule has 2 fully saturated rings. The van der Waals surface area contributed by atoms with Crippen LogP contribution in [0.4, 0.5) is 35.0 Å². The Hall–Kier alpha value is -3.27. The summed E-state index contributed by atoms with van der Waals surface area (Å²) in [6, 6.07) is 11.3. The lowest BCUT2D eigenvalue weighted by molar-refractivity contribution is -0.137. The van der Waals surface area contributed by atoms with Gasteiger partial charge in [-0.15, -0.1) is 0 Å². The highest BCUT2D eigenvalue weighted by atomic mass is 19.4. The summed E-state index contributed by atoms with van der Waals surface area (Å²) in [6.45, 7) is 2.53. The molecule has 2 aliphatic heterocycles. The van der Waals surface area contributed by atoms with Crippen LogP contribution >= 0.6 is 0 Å². The van der Waals surface area contributed by atoms with E-state index in [-0.39, 0.29) is 11.6 Å². The lowest BCUT2D eigenvalue weighted by Gasteiger charge is -2.38. The van der Waals surface area contributed by atoms with E-state index in [1.807, 2.05) is 24.3 Å². The molecule has 0 aromatic heterocycles. The maximum atomic E-state index is 13.1. The molecule has 2 heterocycles. The van der Waals surface area contributed by atoms with Gasteiger partial charge in [0.15, 0.2) is 0 Å². The summed E-state index contributed by atoms with van der Waals surface area (Å²) in [4.78, 5) is 31.8. The van der Waals surface area contributed by atoms with E-state index in [0.29, 0.717) is 19.0 Å². The van der Waals surface area contributed by atoms with Crippen LogP contribution in [0.1, 0.15) is 31.2 Å². The van der Waals surface area contributed by atoms with Crippen molar-refractivity contribution in [1.82, 2.24) is 10.2 Å². The molecule has 10 heteroatoms. The lowest BCUT2D eigenvalue weighted by atomic mass is 10.0. The van der Waals surface area contributed by atoms with Crippen molar-refractivity contribution in [2.75, 3.05) is 48.8 Å². The van der Waals surface area contributed by atoms with Crippen molar-refractivity contribution in [3.05, 3.63) is 54.1 Å². The Morgan fingerprint density at radius 2 is 1.58 bits per heavy atom. The maximum Gasteiger partial charge on any atom is 0.416 e. The molecule has 0 saturated carbocycles. The fourth-order valence-electron chi connectivity index (χ4n) is 4.79. The fraction of sp³-hybridized carbons (Fsp3) is 0.462. The van der Waals surface area contributed by atoms with Crippen LogP contribution in [-0.2, 0) is 11.0 Å². The van der Waals surface area contributed by atoms with Gasteiger partial charge in [-0.05, 0) is 88.3 Å². The summed E-state index contributed by atoms with van der Waals surface area (Å²) in [7, 11) is 4.21. The molecule has 4 rings (SSSR count). The minimum absolute atomic E-state index is 0.206. The number of nitrogens with one attached hydrogen (secondary N) is 2. The number of likely N-dealkylation sites (N-methyl/N-ethyl adjacent to an activating group) is 1. The summed E-state index contributed by atoms with van der Waals surface area (Å²) < 4.78 is 38.2. The molecule has 2 aromatic rings. The number of carbonyl (C=O) groups excluding carboxylic acids is 2. The van der Waals surface area contributed by atoms with Gasteiger partial charge in [-0.2, -0.15) is 13.2 Å². The summed E-state index contributed by atoms with van der Waals surface area (Å²) in [6.07, 6.45) is -0.913. The Balaban J connectivity index is 1.35. The first-order chi connectivity index (χ1) is 17.1. The molecule has 2 saturated heterocycles. The number of benzene rings is 2. The second kappa shape index (κ2) is 10.8. The molecule has 36 heavy (non-hydrogen) atoms. The first-order valence-electron chi connectivity index (χ1n) is 12.2. The van der Waals surface area contributed by atoms with Crippen LogP contribution in [0.2, 0.25) is 0 Å². The summed E-state index contributed by atoms with van der Waals surface area (Å²) in [5, 5.41) is 5.17. The van der Waals surface area contributed by atoms with Gasteiger partial charge in [0.2, 0.25) is 5.91 Å². The van der Waals surface area contributed by atoms with Gasteiger partial charge in [0, 0.05) is 42.7 Å². The van der Waals surface area contributed by atoms with Gasteiger partial charge in [0.05, 0.1) is 5.56 Å². The summed E-state index contributed by atoms with van der Waals surface area (Å²) >= 11 is 0. The normalized spacial score (nSPS) is 21.0. The third-order valence-electron chi connectivity index (χ3n) is 6.87. The molecule has 194 valence electrons. The molecule has 2 atom stereocenters. The number of amides is 3. The van der Waals surface area contributed by atoms with E-state index >= 15 is 0 Å². The first-order valence-corrected chi connectivity index (χ1v) is 12.2. The molecule has 1 unspecified atom stereocenters. The monoisotopic (exact) mass is 503 g/mol. The van der Waals surface area contributed by atoms with Crippen LogP contribution in [0.15, 0.2) is 48.5 Å². The Kier molecular flexibility index (Phi) is 7.73. The number of alkyl halides is 3. The molecule has 2 aliphatic rings. The molecule has 0 spiro atoms. The van der Waals surface area contributed by atoms with Crippen LogP contribution in [0.5, 0.6) is 0 Å². The molecule has 0 aliphatic carbocycles. The predicted molar refractivity (Wildman–Crippen MR) is 134 cm³/mol. The van der Waals surface area contributed by atoms with E-state index in [2.05, 4.69) is 34.5 Å². The number of halogens is 3. The lowest BCUT2D eigenvalue weighted by Crippen LogP contribution is -2.53. The van der Waals surface area contributed by atoms with Gasteiger partial charge in [-0.1, -0.05) is 0 Å². The molecular formula is C26H32F3N5O2. The zero-order valence-electron chi connectivity index (χ0n) is 20.5. The molecule has 2 aromatic carbocycles. The molecule has 3 amide bonds. The number of anilines is 3. The second-order valence-electron chi connectivity index (χ2n) is 9.58. The number of rotatable bonds is 5. The smallest absolute Gasteiger partial charge is 0.370 e. The minimum atomic E-state index is -4.45. The topological polar surface area (TPSA) is 67.9 Å². The highest BCUT2D eigenvalue weighted by Crippen LogP contribution is 2.30. The number of piperidine rings is 2. The second-order valence-corrected chi connectivity index (χ2v) is 9.58. The summed E-state index contributed by atoms with van der Waals surface area (Å²) in [5.41, 5.74) is 1.32. The van der Waals surface area contributed by atoms with Gasteiger partial charge in [-0.25, -0.2) is 4.79 Å². The van der Waals surface area contributed by atoms with E-state index in [4.69, 9.17) is 0 Å². The first kappa shape index (κ1) is 25.8. The summed E-state index contributed by atoms with van der Waals surface area (Å²) in [5.74, 6) is -0.206. The standard InChI is InChI=1S/C26H32F3N5O2/c1-32(2)22-5-3-15-33(17-22)20-11-13-21(14-12-20)34-16-4-6-23(24(34)35)31-25(36)30-19-9-7-18(8-10-19)26(27,28)29/h7-14,22-23H,3-6,15-17H2,1-2H3,(H2,30,31,36)/t22?,23-/m1/s1. The van der Waals surface area contributed by atoms with E-state index in [1.54, 1.807) is 4.90 Å². The van der Waals surface area contributed by atoms with Gasteiger partial charge in [0.1, 0.15) is 6.04 Å². The zero-order valence-corrected chi connectivity index (χ0v) is 20.5. The van der Waals surface area contributed by atoms with Gasteiger partial charge in [0.25, 0.3) is 0 Å². The van der Waals surface area contributed by atoms with Crippen molar-refractivity contribution in [2.45, 2.75) is 43.9 Å². The van der Waals surface area contributed by atoms with Gasteiger partial charge in [-0.3, -0.25) is 4.79 Å². The molecule has 0 radical (unpaired) electrons. The van der Waals surface area contributed by atoms with Gasteiger partial charge >= 0.3 is 12.2 Å². The average Bonchev–Trinajstić information content (AvgIpc) is 2.85. The molecule has 7 nitrogen and oxygen atoms in total. The zero-order chi connectivity index (χ0) is 25.9. The van der Waals surface area contributed by atoms with Crippen molar-refractivity contribution < 1.29 is 22.8 Å². The van der Waals surface area contributed by atoms with Crippen LogP contribution in [-0.4, -0.2) is 62.7 Å².